The zero-order chi connectivity index (χ0) is 15.4. The number of benzene rings is 2. The average molecular weight is 315 g/mol. The molecule has 0 amide bonds. The van der Waals surface area contributed by atoms with Gasteiger partial charge < -0.3 is 10.2 Å². The highest BCUT2D eigenvalue weighted by Gasteiger charge is 2.28. The normalized spacial score (nSPS) is 22.6. The molecule has 1 saturated heterocycles. The Morgan fingerprint density at radius 2 is 1.82 bits per heavy atom. The second-order valence-corrected chi connectivity index (χ2v) is 6.55. The van der Waals surface area contributed by atoms with Crippen molar-refractivity contribution in [3.63, 3.8) is 0 Å². The molecule has 2 aromatic rings. The lowest BCUT2D eigenvalue weighted by molar-refractivity contribution is 0.205. The maximum absolute atomic E-state index is 6.27. The molecular weight excluding hydrogens is 292 g/mol. The van der Waals surface area contributed by atoms with Gasteiger partial charge in [-0.25, -0.2) is 0 Å². The Balaban J connectivity index is 1.72. The standard InChI is InChI=1S/C19H23ClN2/c1-22-12-11-19(17(14-22)15-7-3-2-4-8-15)21-13-16-9-5-6-10-18(16)20/h2-10,17,19,21H,11-14H2,1H3. The van der Waals surface area contributed by atoms with Crippen molar-refractivity contribution in [3.8, 4) is 0 Å². The molecule has 3 heteroatoms. The number of rotatable bonds is 4. The van der Waals surface area contributed by atoms with Gasteiger partial charge in [0, 0.05) is 30.1 Å². The highest BCUT2D eigenvalue weighted by molar-refractivity contribution is 6.31. The van der Waals surface area contributed by atoms with Crippen LogP contribution in [0.3, 0.4) is 0 Å². The van der Waals surface area contributed by atoms with Gasteiger partial charge in [-0.05, 0) is 37.2 Å². The molecule has 2 atom stereocenters. The van der Waals surface area contributed by atoms with Gasteiger partial charge >= 0.3 is 0 Å². The third-order valence-corrected chi connectivity index (χ3v) is 4.92. The van der Waals surface area contributed by atoms with Gasteiger partial charge in [0.25, 0.3) is 0 Å². The summed E-state index contributed by atoms with van der Waals surface area (Å²) in [5, 5.41) is 4.58. The molecule has 116 valence electrons. The maximum atomic E-state index is 6.27. The predicted octanol–water partition coefficient (Wildman–Crippen LogP) is 3.92. The second kappa shape index (κ2) is 7.28. The molecule has 0 aromatic heterocycles. The minimum Gasteiger partial charge on any atom is -0.309 e. The quantitative estimate of drug-likeness (QED) is 0.920. The predicted molar refractivity (Wildman–Crippen MR) is 93.4 cm³/mol. The Morgan fingerprint density at radius 3 is 2.59 bits per heavy atom. The number of piperidine rings is 1. The largest absolute Gasteiger partial charge is 0.309 e. The van der Waals surface area contributed by atoms with Gasteiger partial charge in [0.05, 0.1) is 0 Å². The lowest BCUT2D eigenvalue weighted by Crippen LogP contribution is -2.46. The number of halogens is 1. The highest BCUT2D eigenvalue weighted by Crippen LogP contribution is 2.27. The first kappa shape index (κ1) is 15.5. The molecule has 0 saturated carbocycles. The fourth-order valence-electron chi connectivity index (χ4n) is 3.28. The first-order valence-corrected chi connectivity index (χ1v) is 8.32. The molecule has 1 aliphatic rings. The lowest BCUT2D eigenvalue weighted by atomic mass is 9.86. The summed E-state index contributed by atoms with van der Waals surface area (Å²) in [6.07, 6.45) is 1.17. The minimum absolute atomic E-state index is 0.495. The molecule has 0 bridgehead atoms. The topological polar surface area (TPSA) is 15.3 Å². The molecular formula is C19H23ClN2. The number of likely N-dealkylation sites (N-methyl/N-ethyl adjacent to an activating group) is 1. The average Bonchev–Trinajstić information content (AvgIpc) is 2.56. The summed E-state index contributed by atoms with van der Waals surface area (Å²) in [7, 11) is 2.21. The SMILES string of the molecule is CN1CCC(NCc2ccccc2Cl)C(c2ccccc2)C1. The van der Waals surface area contributed by atoms with Crippen LogP contribution in [0.4, 0.5) is 0 Å². The molecule has 1 aliphatic heterocycles. The van der Waals surface area contributed by atoms with E-state index in [9.17, 15) is 0 Å². The van der Waals surface area contributed by atoms with E-state index >= 15 is 0 Å². The molecule has 2 nitrogen and oxygen atoms in total. The molecule has 2 aromatic carbocycles. The Labute approximate surface area is 138 Å². The first-order valence-electron chi connectivity index (χ1n) is 7.94. The van der Waals surface area contributed by atoms with Gasteiger partial charge in [0.2, 0.25) is 0 Å². The van der Waals surface area contributed by atoms with Crippen molar-refractivity contribution in [2.24, 2.45) is 0 Å². The molecule has 1 N–H and O–H groups in total. The fourth-order valence-corrected chi connectivity index (χ4v) is 3.48. The molecule has 1 fully saturated rings. The monoisotopic (exact) mass is 314 g/mol. The molecule has 0 aliphatic carbocycles. The van der Waals surface area contributed by atoms with Crippen LogP contribution >= 0.6 is 11.6 Å². The van der Waals surface area contributed by atoms with Gasteiger partial charge in [-0.1, -0.05) is 60.1 Å². The van der Waals surface area contributed by atoms with Crippen molar-refractivity contribution in [1.29, 1.82) is 0 Å². The van der Waals surface area contributed by atoms with E-state index < -0.39 is 0 Å². The zero-order valence-electron chi connectivity index (χ0n) is 13.0. The number of nitrogens with one attached hydrogen (secondary N) is 1. The van der Waals surface area contributed by atoms with Crippen molar-refractivity contribution in [1.82, 2.24) is 10.2 Å². The van der Waals surface area contributed by atoms with E-state index in [2.05, 4.69) is 53.7 Å². The van der Waals surface area contributed by atoms with Crippen molar-refractivity contribution in [2.45, 2.75) is 24.9 Å². The van der Waals surface area contributed by atoms with Crippen molar-refractivity contribution in [3.05, 3.63) is 70.7 Å². The van der Waals surface area contributed by atoms with Crippen molar-refractivity contribution >= 4 is 11.6 Å². The van der Waals surface area contributed by atoms with Gasteiger partial charge in [-0.3, -0.25) is 0 Å². The van der Waals surface area contributed by atoms with Crippen LogP contribution in [0.1, 0.15) is 23.5 Å². The third kappa shape index (κ3) is 3.70. The number of hydrogen-bond acceptors (Lipinski definition) is 2. The van der Waals surface area contributed by atoms with Crippen LogP contribution in [0.25, 0.3) is 0 Å². The summed E-state index contributed by atoms with van der Waals surface area (Å²) in [5.74, 6) is 0.530. The summed E-state index contributed by atoms with van der Waals surface area (Å²) >= 11 is 6.27. The summed E-state index contributed by atoms with van der Waals surface area (Å²) in [4.78, 5) is 2.42. The Morgan fingerprint density at radius 1 is 1.09 bits per heavy atom. The van der Waals surface area contributed by atoms with Crippen LogP contribution in [0.15, 0.2) is 54.6 Å². The maximum Gasteiger partial charge on any atom is 0.0450 e. The number of likely N-dealkylation sites (tertiary alicyclic amines) is 1. The third-order valence-electron chi connectivity index (χ3n) is 4.56. The first-order chi connectivity index (χ1) is 10.7. The van der Waals surface area contributed by atoms with E-state index in [0.29, 0.717) is 12.0 Å². The van der Waals surface area contributed by atoms with Gasteiger partial charge in [0.15, 0.2) is 0 Å². The number of nitrogens with zero attached hydrogens (tertiary/aromatic N) is 1. The minimum atomic E-state index is 0.495. The van der Waals surface area contributed by atoms with Crippen LogP contribution < -0.4 is 5.32 Å². The lowest BCUT2D eigenvalue weighted by Gasteiger charge is -2.37. The fraction of sp³-hybridized carbons (Fsp3) is 0.368. The Hall–Kier alpha value is -1.35. The van der Waals surface area contributed by atoms with Crippen LogP contribution in [0.5, 0.6) is 0 Å². The van der Waals surface area contributed by atoms with E-state index in [1.165, 1.54) is 17.5 Å². The van der Waals surface area contributed by atoms with E-state index in [4.69, 9.17) is 11.6 Å². The van der Waals surface area contributed by atoms with Crippen LogP contribution in [-0.4, -0.2) is 31.1 Å². The van der Waals surface area contributed by atoms with E-state index in [1.54, 1.807) is 0 Å². The molecule has 2 unspecified atom stereocenters. The van der Waals surface area contributed by atoms with Gasteiger partial charge in [0.1, 0.15) is 0 Å². The summed E-state index contributed by atoms with van der Waals surface area (Å²) in [6, 6.07) is 19.4. The van der Waals surface area contributed by atoms with Crippen molar-refractivity contribution in [2.75, 3.05) is 20.1 Å². The summed E-state index contributed by atoms with van der Waals surface area (Å²) in [6.45, 7) is 3.07. The highest BCUT2D eigenvalue weighted by atomic mass is 35.5. The van der Waals surface area contributed by atoms with Crippen LogP contribution in [0, 0.1) is 0 Å². The van der Waals surface area contributed by atoms with Crippen LogP contribution in [-0.2, 0) is 6.54 Å². The Bertz CT molecular complexity index is 599. The molecule has 0 radical (unpaired) electrons. The smallest absolute Gasteiger partial charge is 0.0450 e. The molecule has 3 rings (SSSR count). The molecule has 0 spiro atoms. The summed E-state index contributed by atoms with van der Waals surface area (Å²) in [5.41, 5.74) is 2.60. The van der Waals surface area contributed by atoms with E-state index in [-0.39, 0.29) is 0 Å². The second-order valence-electron chi connectivity index (χ2n) is 6.15. The van der Waals surface area contributed by atoms with E-state index in [1.807, 2.05) is 18.2 Å². The molecule has 22 heavy (non-hydrogen) atoms. The zero-order valence-corrected chi connectivity index (χ0v) is 13.8. The van der Waals surface area contributed by atoms with E-state index in [0.717, 1.165) is 24.7 Å². The Kier molecular flexibility index (Phi) is 5.14. The van der Waals surface area contributed by atoms with Gasteiger partial charge in [-0.15, -0.1) is 0 Å². The summed E-state index contributed by atoms with van der Waals surface area (Å²) < 4.78 is 0. The van der Waals surface area contributed by atoms with Crippen LogP contribution in [0.2, 0.25) is 5.02 Å². The molecule has 1 heterocycles. The van der Waals surface area contributed by atoms with Crippen molar-refractivity contribution < 1.29 is 0 Å². The van der Waals surface area contributed by atoms with Gasteiger partial charge in [-0.2, -0.15) is 0 Å². The number of hydrogen-bond donors (Lipinski definition) is 1.